The first-order chi connectivity index (χ1) is 7.09. The molecule has 0 saturated heterocycles. The average molecular weight is 203 g/mol. The minimum atomic E-state index is 0.207. The highest BCUT2D eigenvalue weighted by molar-refractivity contribution is 5.24. The van der Waals surface area contributed by atoms with Crippen molar-refractivity contribution >= 4 is 0 Å². The molecule has 0 aromatic heterocycles. The second kappa shape index (κ2) is 3.97. The van der Waals surface area contributed by atoms with Gasteiger partial charge in [0.25, 0.3) is 0 Å². The quantitative estimate of drug-likeness (QED) is 0.797. The van der Waals surface area contributed by atoms with E-state index in [2.05, 4.69) is 38.1 Å². The molecule has 0 heterocycles. The lowest BCUT2D eigenvalue weighted by atomic mass is 9.93. The molecule has 0 radical (unpaired) electrons. The molecule has 1 atom stereocenters. The molecule has 1 heteroatoms. The van der Waals surface area contributed by atoms with Gasteiger partial charge < -0.3 is 5.73 Å². The van der Waals surface area contributed by atoms with Crippen LogP contribution in [0.5, 0.6) is 0 Å². The van der Waals surface area contributed by atoms with Crippen molar-refractivity contribution in [2.24, 2.45) is 5.73 Å². The SMILES string of the molecule is Cc1ccc(C(C)CCC2(N)CC2)cc1. The van der Waals surface area contributed by atoms with Gasteiger partial charge in [-0.05, 0) is 44.1 Å². The van der Waals surface area contributed by atoms with Crippen LogP contribution in [0.3, 0.4) is 0 Å². The third kappa shape index (κ3) is 2.82. The lowest BCUT2D eigenvalue weighted by molar-refractivity contribution is 0.533. The van der Waals surface area contributed by atoms with Crippen molar-refractivity contribution in [1.82, 2.24) is 0 Å². The molecular weight excluding hydrogens is 182 g/mol. The minimum Gasteiger partial charge on any atom is -0.325 e. The van der Waals surface area contributed by atoms with Gasteiger partial charge >= 0.3 is 0 Å². The third-order valence-corrected chi connectivity index (χ3v) is 3.61. The maximum atomic E-state index is 6.10. The summed E-state index contributed by atoms with van der Waals surface area (Å²) in [5.41, 5.74) is 9.09. The van der Waals surface area contributed by atoms with Gasteiger partial charge in [-0.25, -0.2) is 0 Å². The average Bonchev–Trinajstić information content (AvgIpc) is 2.95. The van der Waals surface area contributed by atoms with E-state index in [0.717, 1.165) is 0 Å². The van der Waals surface area contributed by atoms with Crippen LogP contribution >= 0.6 is 0 Å². The number of hydrogen-bond acceptors (Lipinski definition) is 1. The molecule has 0 spiro atoms. The molecule has 1 saturated carbocycles. The van der Waals surface area contributed by atoms with Gasteiger partial charge in [-0.2, -0.15) is 0 Å². The Balaban J connectivity index is 1.89. The molecule has 1 nitrogen and oxygen atoms in total. The van der Waals surface area contributed by atoms with Crippen LogP contribution in [0.2, 0.25) is 0 Å². The molecule has 1 fully saturated rings. The zero-order valence-corrected chi connectivity index (χ0v) is 9.79. The van der Waals surface area contributed by atoms with Crippen molar-refractivity contribution in [3.05, 3.63) is 35.4 Å². The Morgan fingerprint density at radius 2 is 1.87 bits per heavy atom. The Morgan fingerprint density at radius 3 is 2.40 bits per heavy atom. The van der Waals surface area contributed by atoms with Crippen molar-refractivity contribution in [2.45, 2.75) is 51.0 Å². The van der Waals surface area contributed by atoms with Gasteiger partial charge in [-0.3, -0.25) is 0 Å². The molecule has 15 heavy (non-hydrogen) atoms. The Morgan fingerprint density at radius 1 is 1.27 bits per heavy atom. The van der Waals surface area contributed by atoms with Crippen molar-refractivity contribution < 1.29 is 0 Å². The maximum Gasteiger partial charge on any atom is 0.0155 e. The van der Waals surface area contributed by atoms with E-state index < -0.39 is 0 Å². The molecule has 2 rings (SSSR count). The zero-order valence-electron chi connectivity index (χ0n) is 9.79. The van der Waals surface area contributed by atoms with Crippen LogP contribution < -0.4 is 5.73 Å². The van der Waals surface area contributed by atoms with E-state index in [0.29, 0.717) is 5.92 Å². The highest BCUT2D eigenvalue weighted by Crippen LogP contribution is 2.38. The Bertz CT molecular complexity index is 322. The van der Waals surface area contributed by atoms with Crippen LogP contribution in [0.15, 0.2) is 24.3 Å². The summed E-state index contributed by atoms with van der Waals surface area (Å²) in [6, 6.07) is 8.88. The fourth-order valence-corrected chi connectivity index (χ4v) is 1.98. The number of aryl methyl sites for hydroxylation is 1. The van der Waals surface area contributed by atoms with E-state index >= 15 is 0 Å². The summed E-state index contributed by atoms with van der Waals surface area (Å²) in [7, 11) is 0. The first-order valence-electron chi connectivity index (χ1n) is 5.94. The topological polar surface area (TPSA) is 26.0 Å². The minimum absolute atomic E-state index is 0.207. The monoisotopic (exact) mass is 203 g/mol. The first-order valence-corrected chi connectivity index (χ1v) is 5.94. The summed E-state index contributed by atoms with van der Waals surface area (Å²) in [6.07, 6.45) is 4.86. The van der Waals surface area contributed by atoms with E-state index in [1.54, 1.807) is 0 Å². The van der Waals surface area contributed by atoms with Crippen molar-refractivity contribution in [2.75, 3.05) is 0 Å². The van der Waals surface area contributed by atoms with Gasteiger partial charge in [0.1, 0.15) is 0 Å². The zero-order chi connectivity index (χ0) is 10.9. The Labute approximate surface area is 92.7 Å². The summed E-state index contributed by atoms with van der Waals surface area (Å²) in [5.74, 6) is 0.645. The molecule has 1 unspecified atom stereocenters. The van der Waals surface area contributed by atoms with Gasteiger partial charge in [0.15, 0.2) is 0 Å². The fraction of sp³-hybridized carbons (Fsp3) is 0.571. The third-order valence-electron chi connectivity index (χ3n) is 3.61. The molecule has 1 aliphatic rings. The molecule has 1 aromatic carbocycles. The molecule has 0 bridgehead atoms. The van der Waals surface area contributed by atoms with Crippen LogP contribution in [-0.2, 0) is 0 Å². The molecule has 82 valence electrons. The Kier molecular flexibility index (Phi) is 2.83. The number of rotatable bonds is 4. The summed E-state index contributed by atoms with van der Waals surface area (Å²) < 4.78 is 0. The second-order valence-electron chi connectivity index (χ2n) is 5.21. The predicted molar refractivity (Wildman–Crippen MR) is 65.0 cm³/mol. The standard InChI is InChI=1S/C14H21N/c1-11-3-5-13(6-4-11)12(2)7-8-14(15)9-10-14/h3-6,12H,7-10,15H2,1-2H3. The van der Waals surface area contributed by atoms with Crippen LogP contribution in [0.4, 0.5) is 0 Å². The summed E-state index contributed by atoms with van der Waals surface area (Å²) in [4.78, 5) is 0. The summed E-state index contributed by atoms with van der Waals surface area (Å²) in [5, 5.41) is 0. The largest absolute Gasteiger partial charge is 0.325 e. The smallest absolute Gasteiger partial charge is 0.0155 e. The number of benzene rings is 1. The van der Waals surface area contributed by atoms with Crippen LogP contribution in [-0.4, -0.2) is 5.54 Å². The predicted octanol–water partition coefficient (Wildman–Crippen LogP) is 3.37. The normalized spacial score (nSPS) is 19.9. The maximum absolute atomic E-state index is 6.10. The molecule has 0 aliphatic heterocycles. The number of hydrogen-bond donors (Lipinski definition) is 1. The van der Waals surface area contributed by atoms with Crippen LogP contribution in [0, 0.1) is 6.92 Å². The highest BCUT2D eigenvalue weighted by atomic mass is 14.8. The van der Waals surface area contributed by atoms with Gasteiger partial charge in [-0.1, -0.05) is 36.8 Å². The lowest BCUT2D eigenvalue weighted by Gasteiger charge is -2.15. The van der Waals surface area contributed by atoms with E-state index in [9.17, 15) is 0 Å². The molecular formula is C14H21N. The van der Waals surface area contributed by atoms with Crippen molar-refractivity contribution in [3.63, 3.8) is 0 Å². The lowest BCUT2D eigenvalue weighted by Crippen LogP contribution is -2.21. The van der Waals surface area contributed by atoms with Crippen molar-refractivity contribution in [1.29, 1.82) is 0 Å². The van der Waals surface area contributed by atoms with Crippen molar-refractivity contribution in [3.8, 4) is 0 Å². The van der Waals surface area contributed by atoms with E-state index in [1.807, 2.05) is 0 Å². The molecule has 1 aliphatic carbocycles. The fourth-order valence-electron chi connectivity index (χ4n) is 1.98. The van der Waals surface area contributed by atoms with E-state index in [-0.39, 0.29) is 5.54 Å². The van der Waals surface area contributed by atoms with Gasteiger partial charge in [0, 0.05) is 5.54 Å². The highest BCUT2D eigenvalue weighted by Gasteiger charge is 2.37. The Hall–Kier alpha value is -0.820. The van der Waals surface area contributed by atoms with Gasteiger partial charge in [0.05, 0.1) is 0 Å². The van der Waals surface area contributed by atoms with Crippen LogP contribution in [0.1, 0.15) is 49.7 Å². The van der Waals surface area contributed by atoms with Crippen LogP contribution in [0.25, 0.3) is 0 Å². The second-order valence-corrected chi connectivity index (χ2v) is 5.21. The first kappa shape index (κ1) is 10.7. The van der Waals surface area contributed by atoms with Gasteiger partial charge in [-0.15, -0.1) is 0 Å². The summed E-state index contributed by atoms with van der Waals surface area (Å²) in [6.45, 7) is 4.43. The molecule has 0 amide bonds. The summed E-state index contributed by atoms with van der Waals surface area (Å²) >= 11 is 0. The van der Waals surface area contributed by atoms with E-state index in [1.165, 1.54) is 36.8 Å². The van der Waals surface area contributed by atoms with Gasteiger partial charge in [0.2, 0.25) is 0 Å². The van der Waals surface area contributed by atoms with E-state index in [4.69, 9.17) is 5.73 Å². The molecule has 1 aromatic rings. The molecule has 2 N–H and O–H groups in total. The number of nitrogens with two attached hydrogens (primary N) is 1.